The minimum atomic E-state index is -0.174. The van der Waals surface area contributed by atoms with Crippen LogP contribution in [-0.2, 0) is 4.74 Å². The van der Waals surface area contributed by atoms with Gasteiger partial charge in [0.05, 0.1) is 31.0 Å². The van der Waals surface area contributed by atoms with Gasteiger partial charge in [-0.15, -0.1) is 6.58 Å². The van der Waals surface area contributed by atoms with Gasteiger partial charge in [-0.3, -0.25) is 0 Å². The first kappa shape index (κ1) is 18.3. The molecule has 0 amide bonds. The van der Waals surface area contributed by atoms with Crippen molar-refractivity contribution in [3.63, 3.8) is 0 Å². The number of rotatable bonds is 6. The summed E-state index contributed by atoms with van der Waals surface area (Å²) in [7, 11) is 1.71. The third kappa shape index (κ3) is 3.54. The van der Waals surface area contributed by atoms with Crippen LogP contribution in [0, 0.1) is 0 Å². The molecule has 0 radical (unpaired) electrons. The molecule has 0 spiro atoms. The molecule has 1 heterocycles. The molecule has 1 aliphatic heterocycles. The number of anilines is 1. The highest BCUT2D eigenvalue weighted by atomic mass is 16.5. The minimum absolute atomic E-state index is 0.0129. The minimum Gasteiger partial charge on any atom is -0.496 e. The molecule has 1 unspecified atom stereocenters. The van der Waals surface area contributed by atoms with Gasteiger partial charge in [-0.25, -0.2) is 0 Å². The smallest absolute Gasteiger partial charge is 0.126 e. The Morgan fingerprint density at radius 2 is 1.77 bits per heavy atom. The first-order chi connectivity index (χ1) is 12.5. The van der Waals surface area contributed by atoms with Gasteiger partial charge in [-0.05, 0) is 32.4 Å². The van der Waals surface area contributed by atoms with E-state index < -0.39 is 0 Å². The second-order valence-corrected chi connectivity index (χ2v) is 7.14. The Hall–Kier alpha value is -2.52. The number of methoxy groups -OCH3 is 1. The van der Waals surface area contributed by atoms with Crippen LogP contribution in [0.1, 0.15) is 26.3 Å². The molecule has 0 aromatic heterocycles. The number of ether oxygens (including phenoxy) is 2. The molecule has 0 aliphatic carbocycles. The number of benzene rings is 2. The third-order valence-corrected chi connectivity index (χ3v) is 4.64. The van der Waals surface area contributed by atoms with Crippen molar-refractivity contribution in [3.05, 3.63) is 66.8 Å². The van der Waals surface area contributed by atoms with E-state index in [0.717, 1.165) is 22.6 Å². The van der Waals surface area contributed by atoms with E-state index in [1.807, 2.05) is 18.2 Å². The molecule has 26 heavy (non-hydrogen) atoms. The van der Waals surface area contributed by atoms with Crippen molar-refractivity contribution in [1.82, 2.24) is 0 Å². The van der Waals surface area contributed by atoms with Gasteiger partial charge >= 0.3 is 0 Å². The van der Waals surface area contributed by atoms with Gasteiger partial charge in [0.1, 0.15) is 5.75 Å². The molecule has 0 fully saturated rings. The number of para-hydroxylation sites is 2. The topological polar surface area (TPSA) is 30.5 Å². The molecule has 1 atom stereocenters. The standard InChI is InChI=1S/C23H27NO2/c1-6-14-26-16(2)20-15-23(3,4)24-22-18(11-9-12-19(20)22)17-10-7-8-13-21(17)25-5/h6-13,15-16,24H,1,14H2,2-5H3. The Morgan fingerprint density at radius 3 is 2.50 bits per heavy atom. The van der Waals surface area contributed by atoms with E-state index in [4.69, 9.17) is 9.47 Å². The largest absolute Gasteiger partial charge is 0.496 e. The Labute approximate surface area is 156 Å². The first-order valence-corrected chi connectivity index (χ1v) is 8.97. The van der Waals surface area contributed by atoms with Gasteiger partial charge in [0.2, 0.25) is 0 Å². The van der Waals surface area contributed by atoms with Gasteiger partial charge in [-0.1, -0.05) is 48.6 Å². The third-order valence-electron chi connectivity index (χ3n) is 4.64. The highest BCUT2D eigenvalue weighted by Gasteiger charge is 2.29. The molecule has 0 bridgehead atoms. The average Bonchev–Trinajstić information content (AvgIpc) is 2.64. The normalized spacial score (nSPS) is 16.1. The fourth-order valence-electron chi connectivity index (χ4n) is 3.48. The molecule has 3 rings (SSSR count). The zero-order valence-electron chi connectivity index (χ0n) is 16.0. The summed E-state index contributed by atoms with van der Waals surface area (Å²) in [5.74, 6) is 0.868. The SMILES string of the molecule is C=CCOC(C)C1=CC(C)(C)Nc2c1cccc2-c1ccccc1OC. The lowest BCUT2D eigenvalue weighted by molar-refractivity contribution is 0.129. The van der Waals surface area contributed by atoms with Gasteiger partial charge < -0.3 is 14.8 Å². The zero-order chi connectivity index (χ0) is 18.7. The van der Waals surface area contributed by atoms with Crippen molar-refractivity contribution in [2.24, 2.45) is 0 Å². The second-order valence-electron chi connectivity index (χ2n) is 7.14. The van der Waals surface area contributed by atoms with Gasteiger partial charge in [-0.2, -0.15) is 0 Å². The Morgan fingerprint density at radius 1 is 1.08 bits per heavy atom. The van der Waals surface area contributed by atoms with Gasteiger partial charge in [0.15, 0.2) is 0 Å². The van der Waals surface area contributed by atoms with Crippen LogP contribution in [-0.4, -0.2) is 25.4 Å². The first-order valence-electron chi connectivity index (χ1n) is 8.97. The van der Waals surface area contributed by atoms with E-state index in [9.17, 15) is 0 Å². The molecule has 1 N–H and O–H groups in total. The highest BCUT2D eigenvalue weighted by Crippen LogP contribution is 2.44. The van der Waals surface area contributed by atoms with Crippen molar-refractivity contribution in [2.75, 3.05) is 19.0 Å². The summed E-state index contributed by atoms with van der Waals surface area (Å²) in [5.41, 5.74) is 5.53. The summed E-state index contributed by atoms with van der Waals surface area (Å²) >= 11 is 0. The Kier molecular flexibility index (Phi) is 5.19. The molecular weight excluding hydrogens is 322 g/mol. The van der Waals surface area contributed by atoms with Crippen molar-refractivity contribution < 1.29 is 9.47 Å². The molecule has 2 aromatic carbocycles. The van der Waals surface area contributed by atoms with Crippen molar-refractivity contribution >= 4 is 11.3 Å². The summed E-state index contributed by atoms with van der Waals surface area (Å²) in [4.78, 5) is 0. The van der Waals surface area contributed by atoms with E-state index >= 15 is 0 Å². The van der Waals surface area contributed by atoms with Crippen LogP contribution in [0.4, 0.5) is 5.69 Å². The maximum absolute atomic E-state index is 5.93. The van der Waals surface area contributed by atoms with Crippen LogP contribution >= 0.6 is 0 Å². The van der Waals surface area contributed by atoms with E-state index in [2.05, 4.69) is 63.0 Å². The summed E-state index contributed by atoms with van der Waals surface area (Å²) < 4.78 is 11.5. The van der Waals surface area contributed by atoms with Crippen LogP contribution in [0.2, 0.25) is 0 Å². The summed E-state index contributed by atoms with van der Waals surface area (Å²) in [5, 5.41) is 3.69. The Balaban J connectivity index is 2.14. The van der Waals surface area contributed by atoms with Gasteiger partial charge in [0.25, 0.3) is 0 Å². The number of nitrogens with one attached hydrogen (secondary N) is 1. The molecule has 0 saturated heterocycles. The van der Waals surface area contributed by atoms with Crippen LogP contribution in [0.25, 0.3) is 16.7 Å². The fraction of sp³-hybridized carbons (Fsp3) is 0.304. The van der Waals surface area contributed by atoms with Crippen molar-refractivity contribution in [3.8, 4) is 16.9 Å². The molecule has 3 nitrogen and oxygen atoms in total. The average molecular weight is 349 g/mol. The van der Waals surface area contributed by atoms with Crippen molar-refractivity contribution in [1.29, 1.82) is 0 Å². The molecule has 1 aliphatic rings. The van der Waals surface area contributed by atoms with Crippen LogP contribution < -0.4 is 10.1 Å². The molecule has 3 heteroatoms. The predicted octanol–water partition coefficient (Wildman–Crippen LogP) is 5.54. The van der Waals surface area contributed by atoms with Crippen molar-refractivity contribution in [2.45, 2.75) is 32.4 Å². The predicted molar refractivity (Wildman–Crippen MR) is 110 cm³/mol. The summed E-state index contributed by atoms with van der Waals surface area (Å²) in [6.45, 7) is 10.7. The lowest BCUT2D eigenvalue weighted by Crippen LogP contribution is -2.34. The Bertz CT molecular complexity index is 836. The van der Waals surface area contributed by atoms with Gasteiger partial charge in [0, 0.05) is 16.7 Å². The lowest BCUT2D eigenvalue weighted by atomic mass is 9.85. The number of hydrogen-bond acceptors (Lipinski definition) is 3. The quantitative estimate of drug-likeness (QED) is 0.695. The van der Waals surface area contributed by atoms with E-state index in [0.29, 0.717) is 6.61 Å². The second kappa shape index (κ2) is 7.38. The van der Waals surface area contributed by atoms with Crippen LogP contribution in [0.3, 0.4) is 0 Å². The number of hydrogen-bond donors (Lipinski definition) is 1. The monoisotopic (exact) mass is 349 g/mol. The molecule has 0 saturated carbocycles. The molecule has 136 valence electrons. The zero-order valence-corrected chi connectivity index (χ0v) is 16.0. The van der Waals surface area contributed by atoms with E-state index in [1.165, 1.54) is 11.1 Å². The number of fused-ring (bicyclic) bond motifs is 1. The fourth-order valence-corrected chi connectivity index (χ4v) is 3.48. The van der Waals surface area contributed by atoms with E-state index in [-0.39, 0.29) is 11.6 Å². The highest BCUT2D eigenvalue weighted by molar-refractivity contribution is 5.93. The maximum Gasteiger partial charge on any atom is 0.126 e. The van der Waals surface area contributed by atoms with Crippen LogP contribution in [0.15, 0.2) is 61.2 Å². The summed E-state index contributed by atoms with van der Waals surface area (Å²) in [6.07, 6.45) is 4.03. The molecule has 2 aromatic rings. The summed E-state index contributed by atoms with van der Waals surface area (Å²) in [6, 6.07) is 14.5. The van der Waals surface area contributed by atoms with Crippen LogP contribution in [0.5, 0.6) is 5.75 Å². The lowest BCUT2D eigenvalue weighted by Gasteiger charge is -2.35. The maximum atomic E-state index is 5.93. The van der Waals surface area contributed by atoms with E-state index in [1.54, 1.807) is 13.2 Å². The molecular formula is C23H27NO2.